The summed E-state index contributed by atoms with van der Waals surface area (Å²) in [5.41, 5.74) is 2.81. The van der Waals surface area contributed by atoms with Crippen molar-refractivity contribution in [2.75, 3.05) is 13.1 Å². The van der Waals surface area contributed by atoms with Gasteiger partial charge in [0.2, 0.25) is 0 Å². The number of hydrogen-bond donors (Lipinski definition) is 0. The van der Waals surface area contributed by atoms with E-state index < -0.39 is 0 Å². The van der Waals surface area contributed by atoms with Gasteiger partial charge >= 0.3 is 0 Å². The maximum atomic E-state index is 12.9. The third-order valence-corrected chi connectivity index (χ3v) is 4.55. The molecule has 1 aromatic carbocycles. The molecule has 1 aliphatic rings. The Labute approximate surface area is 116 Å². The second-order valence-electron chi connectivity index (χ2n) is 6.18. The van der Waals surface area contributed by atoms with Crippen molar-refractivity contribution >= 4 is 5.78 Å². The number of Topliss-reactive ketones (excluding diaryl/α,β-unsaturated/α-hetero) is 1. The van der Waals surface area contributed by atoms with Gasteiger partial charge in [0.25, 0.3) is 0 Å². The van der Waals surface area contributed by atoms with Crippen molar-refractivity contribution in [2.24, 2.45) is 0 Å². The van der Waals surface area contributed by atoms with Crippen LogP contribution in [-0.4, -0.2) is 29.3 Å². The highest BCUT2D eigenvalue weighted by molar-refractivity contribution is 6.04. The fraction of sp³-hybridized carbons (Fsp3) is 0.588. The monoisotopic (exact) mass is 259 g/mol. The third kappa shape index (κ3) is 2.74. The molecule has 19 heavy (non-hydrogen) atoms. The number of likely N-dealkylation sites (tertiary alicyclic amines) is 1. The van der Waals surface area contributed by atoms with E-state index >= 15 is 0 Å². The fourth-order valence-corrected chi connectivity index (χ4v) is 2.92. The number of aryl methyl sites for hydroxylation is 1. The quantitative estimate of drug-likeness (QED) is 0.771. The number of nitrogens with zero attached hydrogens (tertiary/aromatic N) is 1. The lowest BCUT2D eigenvalue weighted by Crippen LogP contribution is -2.52. The number of carbonyl (C=O) groups is 1. The van der Waals surface area contributed by atoms with Gasteiger partial charge in [-0.1, -0.05) is 24.6 Å². The molecule has 0 amide bonds. The highest BCUT2D eigenvalue weighted by Gasteiger charge is 2.36. The summed E-state index contributed by atoms with van der Waals surface area (Å²) in [7, 11) is 0. The average Bonchev–Trinajstić information content (AvgIpc) is 2.42. The van der Waals surface area contributed by atoms with E-state index in [-0.39, 0.29) is 11.3 Å². The van der Waals surface area contributed by atoms with E-state index in [2.05, 4.69) is 38.7 Å². The van der Waals surface area contributed by atoms with Crippen molar-refractivity contribution in [1.82, 2.24) is 4.90 Å². The number of hydrogen-bond acceptors (Lipinski definition) is 2. The van der Waals surface area contributed by atoms with Crippen LogP contribution in [0.2, 0.25) is 0 Å². The number of rotatable bonds is 3. The molecule has 1 saturated heterocycles. The molecule has 0 atom stereocenters. The van der Waals surface area contributed by atoms with Crippen LogP contribution in [0.15, 0.2) is 18.2 Å². The van der Waals surface area contributed by atoms with Gasteiger partial charge in [0.05, 0.1) is 5.54 Å². The predicted octanol–water partition coefficient (Wildman–Crippen LogP) is 3.75. The summed E-state index contributed by atoms with van der Waals surface area (Å²) in [6.07, 6.45) is 3.72. The molecule has 0 N–H and O–H groups in total. The first-order chi connectivity index (χ1) is 8.94. The first-order valence-electron chi connectivity index (χ1n) is 7.30. The van der Waals surface area contributed by atoms with Gasteiger partial charge in [0.15, 0.2) is 5.78 Å². The van der Waals surface area contributed by atoms with E-state index in [1.807, 2.05) is 12.1 Å². The lowest BCUT2D eigenvalue weighted by atomic mass is 9.86. The Bertz CT molecular complexity index is 470. The van der Waals surface area contributed by atoms with Gasteiger partial charge < -0.3 is 0 Å². The van der Waals surface area contributed by atoms with E-state index in [4.69, 9.17) is 0 Å². The molecular weight excluding hydrogens is 234 g/mol. The summed E-state index contributed by atoms with van der Waals surface area (Å²) in [4.78, 5) is 15.2. The van der Waals surface area contributed by atoms with Crippen LogP contribution < -0.4 is 0 Å². The van der Waals surface area contributed by atoms with Gasteiger partial charge in [-0.2, -0.15) is 0 Å². The smallest absolute Gasteiger partial charge is 0.182 e. The van der Waals surface area contributed by atoms with Gasteiger partial charge in [-0.15, -0.1) is 0 Å². The van der Waals surface area contributed by atoms with Crippen LogP contribution in [0.4, 0.5) is 0 Å². The first kappa shape index (κ1) is 14.3. The Kier molecular flexibility index (Phi) is 4.10. The molecule has 1 heterocycles. The zero-order valence-electron chi connectivity index (χ0n) is 12.6. The molecule has 0 radical (unpaired) electrons. The Morgan fingerprint density at radius 3 is 2.37 bits per heavy atom. The minimum atomic E-state index is -0.390. The summed E-state index contributed by atoms with van der Waals surface area (Å²) < 4.78 is 0. The average molecular weight is 259 g/mol. The molecular formula is C17H25NO. The van der Waals surface area contributed by atoms with Crippen LogP contribution in [0.1, 0.15) is 54.6 Å². The Morgan fingerprint density at radius 2 is 1.74 bits per heavy atom. The molecule has 1 fully saturated rings. The van der Waals surface area contributed by atoms with Crippen molar-refractivity contribution in [1.29, 1.82) is 0 Å². The second-order valence-corrected chi connectivity index (χ2v) is 6.18. The van der Waals surface area contributed by atoms with Gasteiger partial charge in [0, 0.05) is 5.56 Å². The zero-order chi connectivity index (χ0) is 14.0. The number of carbonyl (C=O) groups excluding carboxylic acids is 1. The molecule has 104 valence electrons. The Balaban J connectivity index is 2.29. The van der Waals surface area contributed by atoms with Crippen molar-refractivity contribution in [3.8, 4) is 0 Å². The first-order valence-corrected chi connectivity index (χ1v) is 7.30. The van der Waals surface area contributed by atoms with Crippen molar-refractivity contribution in [3.05, 3.63) is 34.9 Å². The normalized spacial score (nSPS) is 17.5. The molecule has 0 unspecified atom stereocenters. The third-order valence-electron chi connectivity index (χ3n) is 4.55. The minimum absolute atomic E-state index is 0.260. The highest BCUT2D eigenvalue weighted by Crippen LogP contribution is 2.26. The maximum absolute atomic E-state index is 12.9. The van der Waals surface area contributed by atoms with Gasteiger partial charge in [0.1, 0.15) is 0 Å². The topological polar surface area (TPSA) is 20.3 Å². The standard InChI is InChI=1S/C17H25NO/c1-13-9-8-10-15(14(13)2)16(19)17(3,4)18-11-6-5-7-12-18/h8-10H,5-7,11-12H2,1-4H3. The molecule has 0 spiro atoms. The number of benzene rings is 1. The van der Waals surface area contributed by atoms with Gasteiger partial charge in [-0.25, -0.2) is 0 Å². The minimum Gasteiger partial charge on any atom is -0.292 e. The zero-order valence-corrected chi connectivity index (χ0v) is 12.6. The molecule has 2 rings (SSSR count). The van der Waals surface area contributed by atoms with Crippen LogP contribution in [0.25, 0.3) is 0 Å². The van der Waals surface area contributed by atoms with Crippen LogP contribution in [0, 0.1) is 13.8 Å². The van der Waals surface area contributed by atoms with Gasteiger partial charge in [-0.05, 0) is 64.8 Å². The van der Waals surface area contributed by atoms with Crippen LogP contribution in [-0.2, 0) is 0 Å². The van der Waals surface area contributed by atoms with E-state index in [0.29, 0.717) is 0 Å². The van der Waals surface area contributed by atoms with Crippen LogP contribution in [0.3, 0.4) is 0 Å². The Hall–Kier alpha value is -1.15. The molecule has 2 heteroatoms. The lowest BCUT2D eigenvalue weighted by Gasteiger charge is -2.40. The Morgan fingerprint density at radius 1 is 1.11 bits per heavy atom. The molecule has 0 aromatic heterocycles. The van der Waals surface area contributed by atoms with E-state index in [1.165, 1.54) is 24.8 Å². The number of piperidine rings is 1. The fourth-order valence-electron chi connectivity index (χ4n) is 2.92. The maximum Gasteiger partial charge on any atom is 0.182 e. The predicted molar refractivity (Wildman–Crippen MR) is 79.7 cm³/mol. The van der Waals surface area contributed by atoms with E-state index in [0.717, 1.165) is 24.2 Å². The van der Waals surface area contributed by atoms with Crippen molar-refractivity contribution in [2.45, 2.75) is 52.5 Å². The summed E-state index contributed by atoms with van der Waals surface area (Å²) >= 11 is 0. The lowest BCUT2D eigenvalue weighted by molar-refractivity contribution is 0.0578. The molecule has 0 saturated carbocycles. The molecule has 0 bridgehead atoms. The molecule has 0 aliphatic carbocycles. The molecule has 1 aromatic rings. The SMILES string of the molecule is Cc1cccc(C(=O)C(C)(C)N2CCCCC2)c1C. The van der Waals surface area contributed by atoms with Gasteiger partial charge in [-0.3, -0.25) is 9.69 Å². The largest absolute Gasteiger partial charge is 0.292 e. The summed E-state index contributed by atoms with van der Waals surface area (Å²) in [5, 5.41) is 0. The van der Waals surface area contributed by atoms with Crippen molar-refractivity contribution in [3.63, 3.8) is 0 Å². The summed E-state index contributed by atoms with van der Waals surface area (Å²) in [6.45, 7) is 10.4. The van der Waals surface area contributed by atoms with E-state index in [1.54, 1.807) is 0 Å². The summed E-state index contributed by atoms with van der Waals surface area (Å²) in [6, 6.07) is 6.03. The van der Waals surface area contributed by atoms with E-state index in [9.17, 15) is 4.79 Å². The van der Waals surface area contributed by atoms with Crippen LogP contribution in [0.5, 0.6) is 0 Å². The second kappa shape index (κ2) is 5.46. The van der Waals surface area contributed by atoms with Crippen LogP contribution >= 0.6 is 0 Å². The number of ketones is 1. The molecule has 2 nitrogen and oxygen atoms in total. The highest BCUT2D eigenvalue weighted by atomic mass is 16.1. The summed E-state index contributed by atoms with van der Waals surface area (Å²) in [5.74, 6) is 0.260. The van der Waals surface area contributed by atoms with Crippen molar-refractivity contribution < 1.29 is 4.79 Å². The molecule has 1 aliphatic heterocycles.